The largest absolute Gasteiger partial charge is 0.507 e. The number of Topliss-reactive ketones (excluding diaryl/α,β-unsaturated/α-hetero) is 1. The summed E-state index contributed by atoms with van der Waals surface area (Å²) in [5.74, 6) is -0.651. The van der Waals surface area contributed by atoms with Crippen molar-refractivity contribution in [2.24, 2.45) is 0 Å². The maximum Gasteiger partial charge on any atom is 0.295 e. The number of benzene rings is 2. The van der Waals surface area contributed by atoms with Crippen LogP contribution >= 0.6 is 11.6 Å². The lowest BCUT2D eigenvalue weighted by atomic mass is 9.84. The Morgan fingerprint density at radius 2 is 1.70 bits per heavy atom. The zero-order valence-corrected chi connectivity index (χ0v) is 20.3. The molecule has 2 fully saturated rings. The maximum atomic E-state index is 13.3. The molecule has 1 aliphatic heterocycles. The number of carbonyl (C=O) groups excluding carboxylic acids is 2. The molecule has 174 valence electrons. The van der Waals surface area contributed by atoms with E-state index < -0.39 is 17.7 Å². The molecule has 1 aliphatic carbocycles. The second kappa shape index (κ2) is 8.86. The third kappa shape index (κ3) is 4.26. The molecule has 0 bridgehead atoms. The molecular formula is C27H30ClNO4. The standard InChI is InChI=1S/C27H30ClNO4/c1-27(2,3)20-15-17(11-14-21(20)33-4)24(30)22-23(16-9-12-18(28)13-10-16)29(26(32)25(22)31)19-7-5-6-8-19/h9-15,19,23,30H,5-8H2,1-4H3/b24-22-. The summed E-state index contributed by atoms with van der Waals surface area (Å²) in [5.41, 5.74) is 2.04. The average Bonchev–Trinajstić information content (AvgIpc) is 3.40. The monoisotopic (exact) mass is 467 g/mol. The summed E-state index contributed by atoms with van der Waals surface area (Å²) in [6.45, 7) is 6.17. The molecule has 1 atom stereocenters. The first-order valence-electron chi connectivity index (χ1n) is 11.4. The van der Waals surface area contributed by atoms with E-state index in [1.54, 1.807) is 36.3 Å². The Morgan fingerprint density at radius 1 is 1.06 bits per heavy atom. The lowest BCUT2D eigenvalue weighted by Crippen LogP contribution is -2.37. The number of hydrogen-bond acceptors (Lipinski definition) is 4. The van der Waals surface area contributed by atoms with Gasteiger partial charge in [-0.05, 0) is 54.2 Å². The summed E-state index contributed by atoms with van der Waals surface area (Å²) in [4.78, 5) is 28.2. The molecule has 33 heavy (non-hydrogen) atoms. The fourth-order valence-electron chi connectivity index (χ4n) is 4.98. The van der Waals surface area contributed by atoms with E-state index in [-0.39, 0.29) is 22.8 Å². The van der Waals surface area contributed by atoms with Crippen molar-refractivity contribution in [3.63, 3.8) is 0 Å². The Hall–Kier alpha value is -2.79. The van der Waals surface area contributed by atoms with Crippen LogP contribution in [0.2, 0.25) is 5.02 Å². The zero-order valence-electron chi connectivity index (χ0n) is 19.5. The number of hydrogen-bond donors (Lipinski definition) is 1. The first kappa shape index (κ1) is 23.4. The van der Waals surface area contributed by atoms with Gasteiger partial charge in [0.1, 0.15) is 11.5 Å². The number of halogens is 1. The smallest absolute Gasteiger partial charge is 0.295 e. The third-order valence-corrected chi connectivity index (χ3v) is 6.92. The van der Waals surface area contributed by atoms with Crippen LogP contribution in [0.3, 0.4) is 0 Å². The van der Waals surface area contributed by atoms with Gasteiger partial charge in [-0.15, -0.1) is 0 Å². The number of carbonyl (C=O) groups is 2. The fourth-order valence-corrected chi connectivity index (χ4v) is 5.10. The van der Waals surface area contributed by atoms with Crippen LogP contribution in [-0.4, -0.2) is 34.8 Å². The highest BCUT2D eigenvalue weighted by atomic mass is 35.5. The second-order valence-corrected chi connectivity index (χ2v) is 10.3. The highest BCUT2D eigenvalue weighted by Crippen LogP contribution is 2.44. The number of aliphatic hydroxyl groups excluding tert-OH is 1. The lowest BCUT2D eigenvalue weighted by Gasteiger charge is -2.31. The summed E-state index contributed by atoms with van der Waals surface area (Å²) < 4.78 is 5.52. The van der Waals surface area contributed by atoms with Gasteiger partial charge in [0.25, 0.3) is 11.7 Å². The first-order valence-corrected chi connectivity index (χ1v) is 11.8. The minimum atomic E-state index is -0.648. The summed E-state index contributed by atoms with van der Waals surface area (Å²) in [5, 5.41) is 12.0. The number of aliphatic hydroxyl groups is 1. The van der Waals surface area contributed by atoms with Crippen molar-refractivity contribution in [3.05, 3.63) is 69.8 Å². The SMILES string of the molecule is COc1ccc(/C(O)=C2/C(=O)C(=O)N(C3CCCC3)C2c2ccc(Cl)cc2)cc1C(C)(C)C. The molecule has 1 saturated carbocycles. The van der Waals surface area contributed by atoms with Gasteiger partial charge in [0.15, 0.2) is 0 Å². The Kier molecular flexibility index (Phi) is 6.28. The zero-order chi connectivity index (χ0) is 23.9. The van der Waals surface area contributed by atoms with E-state index in [0.717, 1.165) is 36.8 Å². The Bertz CT molecular complexity index is 1110. The average molecular weight is 468 g/mol. The van der Waals surface area contributed by atoms with E-state index in [1.807, 2.05) is 18.2 Å². The van der Waals surface area contributed by atoms with Crippen LogP contribution in [0.4, 0.5) is 0 Å². The van der Waals surface area contributed by atoms with Crippen LogP contribution in [-0.2, 0) is 15.0 Å². The molecule has 1 unspecified atom stereocenters. The molecule has 1 amide bonds. The summed E-state index contributed by atoms with van der Waals surface area (Å²) in [7, 11) is 1.61. The Labute approximate surface area is 200 Å². The topological polar surface area (TPSA) is 66.8 Å². The fraction of sp³-hybridized carbons (Fsp3) is 0.407. The number of amides is 1. The summed E-state index contributed by atoms with van der Waals surface area (Å²) in [6.07, 6.45) is 3.75. The molecule has 1 N–H and O–H groups in total. The Morgan fingerprint density at radius 3 is 2.27 bits per heavy atom. The highest BCUT2D eigenvalue weighted by molar-refractivity contribution is 6.46. The quantitative estimate of drug-likeness (QED) is 0.339. The molecule has 0 aromatic heterocycles. The maximum absolute atomic E-state index is 13.3. The van der Waals surface area contributed by atoms with Crippen molar-refractivity contribution in [2.45, 2.75) is 64.0 Å². The first-order chi connectivity index (χ1) is 15.6. The van der Waals surface area contributed by atoms with Crippen molar-refractivity contribution >= 4 is 29.1 Å². The van der Waals surface area contributed by atoms with Crippen molar-refractivity contribution < 1.29 is 19.4 Å². The van der Waals surface area contributed by atoms with Gasteiger partial charge in [-0.3, -0.25) is 9.59 Å². The molecule has 6 heteroatoms. The molecule has 2 aromatic carbocycles. The van der Waals surface area contributed by atoms with Crippen LogP contribution in [0.5, 0.6) is 5.75 Å². The van der Waals surface area contributed by atoms with Crippen LogP contribution in [0.25, 0.3) is 5.76 Å². The summed E-state index contributed by atoms with van der Waals surface area (Å²) >= 11 is 6.10. The number of nitrogens with zero attached hydrogens (tertiary/aromatic N) is 1. The van der Waals surface area contributed by atoms with Gasteiger partial charge in [0.05, 0.1) is 18.7 Å². The van der Waals surface area contributed by atoms with Gasteiger partial charge in [0.2, 0.25) is 0 Å². The second-order valence-electron chi connectivity index (χ2n) is 9.86. The summed E-state index contributed by atoms with van der Waals surface area (Å²) in [6, 6.07) is 11.8. The molecular weight excluding hydrogens is 438 g/mol. The van der Waals surface area contributed by atoms with Gasteiger partial charge in [0, 0.05) is 22.2 Å². The van der Waals surface area contributed by atoms with Gasteiger partial charge in [-0.25, -0.2) is 0 Å². The minimum absolute atomic E-state index is 0.0200. The van der Waals surface area contributed by atoms with E-state index in [2.05, 4.69) is 20.8 Å². The number of likely N-dealkylation sites (tertiary alicyclic amines) is 1. The molecule has 4 rings (SSSR count). The number of ketones is 1. The molecule has 1 saturated heterocycles. The molecule has 5 nitrogen and oxygen atoms in total. The molecule has 2 aliphatic rings. The van der Waals surface area contributed by atoms with Crippen molar-refractivity contribution in [1.82, 2.24) is 4.90 Å². The lowest BCUT2D eigenvalue weighted by molar-refractivity contribution is -0.141. The minimum Gasteiger partial charge on any atom is -0.507 e. The van der Waals surface area contributed by atoms with Gasteiger partial charge >= 0.3 is 0 Å². The van der Waals surface area contributed by atoms with E-state index in [4.69, 9.17) is 16.3 Å². The van der Waals surface area contributed by atoms with Crippen LogP contribution in [0.15, 0.2) is 48.0 Å². The van der Waals surface area contributed by atoms with Crippen molar-refractivity contribution in [2.75, 3.05) is 7.11 Å². The van der Waals surface area contributed by atoms with Crippen LogP contribution in [0, 0.1) is 0 Å². The number of ether oxygens (including phenoxy) is 1. The van der Waals surface area contributed by atoms with Gasteiger partial charge in [-0.1, -0.05) is 57.3 Å². The molecule has 0 spiro atoms. The molecule has 1 heterocycles. The highest BCUT2D eigenvalue weighted by Gasteiger charge is 2.49. The molecule has 0 radical (unpaired) electrons. The molecule has 2 aromatic rings. The predicted molar refractivity (Wildman–Crippen MR) is 130 cm³/mol. The van der Waals surface area contributed by atoms with E-state index in [0.29, 0.717) is 16.3 Å². The predicted octanol–water partition coefficient (Wildman–Crippen LogP) is 6.01. The van der Waals surface area contributed by atoms with E-state index in [1.165, 1.54) is 0 Å². The van der Waals surface area contributed by atoms with Gasteiger partial charge < -0.3 is 14.7 Å². The van der Waals surface area contributed by atoms with Crippen molar-refractivity contribution in [3.8, 4) is 5.75 Å². The normalized spacial score (nSPS) is 21.1. The third-order valence-electron chi connectivity index (χ3n) is 6.66. The number of methoxy groups -OCH3 is 1. The number of rotatable bonds is 4. The van der Waals surface area contributed by atoms with Crippen molar-refractivity contribution in [1.29, 1.82) is 0 Å². The van der Waals surface area contributed by atoms with Crippen LogP contribution < -0.4 is 4.74 Å². The van der Waals surface area contributed by atoms with E-state index in [9.17, 15) is 14.7 Å². The van der Waals surface area contributed by atoms with Crippen LogP contribution in [0.1, 0.15) is 69.2 Å². The van der Waals surface area contributed by atoms with E-state index >= 15 is 0 Å². The Balaban J connectivity index is 1.90. The van der Waals surface area contributed by atoms with Gasteiger partial charge in [-0.2, -0.15) is 0 Å².